The van der Waals surface area contributed by atoms with Gasteiger partial charge in [-0.05, 0) is 31.1 Å². The van der Waals surface area contributed by atoms with E-state index < -0.39 is 6.10 Å². The van der Waals surface area contributed by atoms with Crippen molar-refractivity contribution in [2.75, 3.05) is 13.2 Å². The smallest absolute Gasteiger partial charge is 0.306 e. The minimum atomic E-state index is -0.762. The summed E-state index contributed by atoms with van der Waals surface area (Å²) in [7, 11) is 0. The van der Waals surface area contributed by atoms with E-state index in [0.29, 0.717) is 19.3 Å². The minimum Gasteiger partial charge on any atom is -0.462 e. The Balaban J connectivity index is 4.30. The fourth-order valence-corrected chi connectivity index (χ4v) is 8.70. The lowest BCUT2D eigenvalue weighted by atomic mass is 10.0. The molecule has 0 saturated carbocycles. The highest BCUT2D eigenvalue weighted by atomic mass is 16.6. The van der Waals surface area contributed by atoms with Gasteiger partial charge in [-0.3, -0.25) is 14.4 Å². The van der Waals surface area contributed by atoms with E-state index in [1.54, 1.807) is 0 Å². The summed E-state index contributed by atoms with van der Waals surface area (Å²) in [6.07, 6.45) is 52.3. The van der Waals surface area contributed by atoms with Gasteiger partial charge in [0.25, 0.3) is 0 Å². The van der Waals surface area contributed by atoms with Crippen molar-refractivity contribution < 1.29 is 28.6 Å². The molecular weight excluding hydrogens is 781 g/mol. The highest BCUT2D eigenvalue weighted by molar-refractivity contribution is 5.71. The molecule has 0 saturated heterocycles. The molecule has 0 aliphatic rings. The van der Waals surface area contributed by atoms with Gasteiger partial charge in [-0.15, -0.1) is 0 Å². The molecule has 1 atom stereocenters. The molecule has 0 aliphatic carbocycles. The van der Waals surface area contributed by atoms with Crippen molar-refractivity contribution in [2.24, 2.45) is 11.8 Å². The summed E-state index contributed by atoms with van der Waals surface area (Å²) in [6, 6.07) is 0. The molecule has 0 amide bonds. The van der Waals surface area contributed by atoms with Crippen molar-refractivity contribution in [3.05, 3.63) is 0 Å². The first-order chi connectivity index (χ1) is 30.7. The first-order valence-corrected chi connectivity index (χ1v) is 28.2. The summed E-state index contributed by atoms with van der Waals surface area (Å²) in [6.45, 7) is 11.4. The van der Waals surface area contributed by atoms with Gasteiger partial charge in [0, 0.05) is 19.3 Å². The average Bonchev–Trinajstić information content (AvgIpc) is 3.25. The Hall–Kier alpha value is -1.59. The third-order valence-electron chi connectivity index (χ3n) is 13.0. The van der Waals surface area contributed by atoms with Crippen LogP contribution in [0.15, 0.2) is 0 Å². The standard InChI is InChI=1S/C57H110O6/c1-6-7-8-9-10-11-12-15-22-27-32-37-42-47-55(58)61-50-54(63-57(60)49-44-39-34-29-24-19-18-21-26-31-36-41-46-53(4)5)51-62-56(59)48-43-38-33-28-23-17-14-13-16-20-25-30-35-40-45-52(2)3/h52-54H,6-51H2,1-5H3/t54-/m0/s1. The predicted molar refractivity (Wildman–Crippen MR) is 270 cm³/mol. The maximum atomic E-state index is 12.8. The van der Waals surface area contributed by atoms with Gasteiger partial charge in [-0.25, -0.2) is 0 Å². The normalized spacial score (nSPS) is 12.0. The van der Waals surface area contributed by atoms with E-state index in [1.807, 2.05) is 0 Å². The molecule has 0 N–H and O–H groups in total. The number of carbonyl (C=O) groups excluding carboxylic acids is 3. The Morgan fingerprint density at radius 2 is 0.524 bits per heavy atom. The molecule has 0 fully saturated rings. The Morgan fingerprint density at radius 3 is 0.778 bits per heavy atom. The van der Waals surface area contributed by atoms with Crippen LogP contribution >= 0.6 is 0 Å². The van der Waals surface area contributed by atoms with Gasteiger partial charge in [0.1, 0.15) is 13.2 Å². The van der Waals surface area contributed by atoms with E-state index in [1.165, 1.54) is 205 Å². The number of unbranched alkanes of at least 4 members (excludes halogenated alkanes) is 36. The first-order valence-electron chi connectivity index (χ1n) is 28.2. The number of ether oxygens (including phenoxy) is 3. The van der Waals surface area contributed by atoms with E-state index >= 15 is 0 Å². The number of esters is 3. The third kappa shape index (κ3) is 51.3. The molecule has 0 aromatic heterocycles. The molecule has 0 aliphatic heterocycles. The summed E-state index contributed by atoms with van der Waals surface area (Å²) >= 11 is 0. The maximum absolute atomic E-state index is 12.8. The molecule has 0 bridgehead atoms. The van der Waals surface area contributed by atoms with Gasteiger partial charge in [0.2, 0.25) is 0 Å². The molecule has 0 spiro atoms. The fraction of sp³-hybridized carbons (Fsp3) is 0.947. The number of hydrogen-bond acceptors (Lipinski definition) is 6. The summed E-state index contributed by atoms with van der Waals surface area (Å²) < 4.78 is 16.9. The fourth-order valence-electron chi connectivity index (χ4n) is 8.70. The van der Waals surface area contributed by atoms with Crippen molar-refractivity contribution in [3.63, 3.8) is 0 Å². The van der Waals surface area contributed by atoms with Crippen molar-refractivity contribution in [3.8, 4) is 0 Å². The van der Waals surface area contributed by atoms with Crippen LogP contribution in [0.1, 0.15) is 317 Å². The van der Waals surface area contributed by atoms with E-state index in [4.69, 9.17) is 14.2 Å². The van der Waals surface area contributed by atoms with Gasteiger partial charge in [0.15, 0.2) is 6.10 Å². The first kappa shape index (κ1) is 61.4. The second kappa shape index (κ2) is 49.8. The van der Waals surface area contributed by atoms with Crippen LogP contribution in [0.2, 0.25) is 0 Å². The van der Waals surface area contributed by atoms with Gasteiger partial charge in [-0.1, -0.05) is 279 Å². The zero-order valence-electron chi connectivity index (χ0n) is 43.2. The average molecular weight is 892 g/mol. The lowest BCUT2D eigenvalue weighted by molar-refractivity contribution is -0.167. The second-order valence-corrected chi connectivity index (χ2v) is 20.5. The molecule has 63 heavy (non-hydrogen) atoms. The van der Waals surface area contributed by atoms with Crippen molar-refractivity contribution in [2.45, 2.75) is 323 Å². The summed E-state index contributed by atoms with van der Waals surface area (Å²) in [5.41, 5.74) is 0. The van der Waals surface area contributed by atoms with Crippen LogP contribution in [0.4, 0.5) is 0 Å². The lowest BCUT2D eigenvalue weighted by Crippen LogP contribution is -2.30. The topological polar surface area (TPSA) is 78.9 Å². The minimum absolute atomic E-state index is 0.0628. The van der Waals surface area contributed by atoms with E-state index in [2.05, 4.69) is 34.6 Å². The quantitative estimate of drug-likeness (QED) is 0.0344. The largest absolute Gasteiger partial charge is 0.462 e. The van der Waals surface area contributed by atoms with Crippen molar-refractivity contribution >= 4 is 17.9 Å². The van der Waals surface area contributed by atoms with E-state index in [0.717, 1.165) is 69.6 Å². The van der Waals surface area contributed by atoms with Crippen LogP contribution in [-0.4, -0.2) is 37.2 Å². The van der Waals surface area contributed by atoms with E-state index in [9.17, 15) is 14.4 Å². The third-order valence-corrected chi connectivity index (χ3v) is 13.0. The Morgan fingerprint density at radius 1 is 0.302 bits per heavy atom. The molecule has 0 heterocycles. The number of rotatable bonds is 51. The maximum Gasteiger partial charge on any atom is 0.306 e. The monoisotopic (exact) mass is 891 g/mol. The molecule has 0 radical (unpaired) electrons. The Kier molecular flexibility index (Phi) is 48.6. The van der Waals surface area contributed by atoms with Crippen LogP contribution in [0.3, 0.4) is 0 Å². The summed E-state index contributed by atoms with van der Waals surface area (Å²) in [5, 5.41) is 0. The van der Waals surface area contributed by atoms with Gasteiger partial charge in [-0.2, -0.15) is 0 Å². The molecular formula is C57H110O6. The zero-order valence-corrected chi connectivity index (χ0v) is 43.2. The van der Waals surface area contributed by atoms with Gasteiger partial charge >= 0.3 is 17.9 Å². The summed E-state index contributed by atoms with van der Waals surface area (Å²) in [5.74, 6) is 0.836. The summed E-state index contributed by atoms with van der Waals surface area (Å²) in [4.78, 5) is 38.1. The van der Waals surface area contributed by atoms with Crippen molar-refractivity contribution in [1.82, 2.24) is 0 Å². The molecule has 0 aromatic rings. The SMILES string of the molecule is CCCCCCCCCCCCCCCC(=O)OC[C@@H](COC(=O)CCCCCCCCCCCCCCCCC(C)C)OC(=O)CCCCCCCCCCCCCCC(C)C. The molecule has 0 rings (SSSR count). The van der Waals surface area contributed by atoms with Crippen LogP contribution in [-0.2, 0) is 28.6 Å². The van der Waals surface area contributed by atoms with Crippen LogP contribution in [0, 0.1) is 11.8 Å². The number of carbonyl (C=O) groups is 3. The van der Waals surface area contributed by atoms with Crippen LogP contribution in [0.25, 0.3) is 0 Å². The molecule has 374 valence electrons. The van der Waals surface area contributed by atoms with Gasteiger partial charge < -0.3 is 14.2 Å². The highest BCUT2D eigenvalue weighted by Crippen LogP contribution is 2.18. The number of hydrogen-bond donors (Lipinski definition) is 0. The lowest BCUT2D eigenvalue weighted by Gasteiger charge is -2.18. The highest BCUT2D eigenvalue weighted by Gasteiger charge is 2.19. The Labute approximate surface area is 393 Å². The predicted octanol–water partition coefficient (Wildman–Crippen LogP) is 18.5. The zero-order chi connectivity index (χ0) is 46.1. The van der Waals surface area contributed by atoms with Crippen molar-refractivity contribution in [1.29, 1.82) is 0 Å². The molecule has 0 aromatic carbocycles. The second-order valence-electron chi connectivity index (χ2n) is 20.5. The van der Waals surface area contributed by atoms with E-state index in [-0.39, 0.29) is 31.1 Å². The molecule has 6 heteroatoms. The van der Waals surface area contributed by atoms with Gasteiger partial charge in [0.05, 0.1) is 0 Å². The Bertz CT molecular complexity index is 962. The molecule has 6 nitrogen and oxygen atoms in total. The van der Waals surface area contributed by atoms with Crippen LogP contribution in [0.5, 0.6) is 0 Å². The van der Waals surface area contributed by atoms with Crippen LogP contribution < -0.4 is 0 Å². The molecule has 0 unspecified atom stereocenters.